The number of rotatable bonds is 2. The zero-order valence-corrected chi connectivity index (χ0v) is 9.52. The molecule has 2 atom stereocenters. The van der Waals surface area contributed by atoms with Crippen molar-refractivity contribution in [2.45, 2.75) is 38.5 Å². The summed E-state index contributed by atoms with van der Waals surface area (Å²) in [5.74, 6) is 0.176. The quantitative estimate of drug-likeness (QED) is 0.724. The number of hydrogen-bond donors (Lipinski definition) is 1. The largest absolute Gasteiger partial charge is 0.481 e. The number of fused-ring (bicyclic) bond motifs is 1. The van der Waals surface area contributed by atoms with Gasteiger partial charge in [-0.3, -0.25) is 9.59 Å². The number of carbonyl (C=O) groups excluding carboxylic acids is 1. The zero-order valence-electron chi connectivity index (χ0n) is 9.52. The summed E-state index contributed by atoms with van der Waals surface area (Å²) in [4.78, 5) is 23.9. The van der Waals surface area contributed by atoms with E-state index in [1.807, 2.05) is 0 Å². The highest BCUT2D eigenvalue weighted by atomic mass is 16.4. The maximum atomic E-state index is 11.6. The molecular formula is C12H19NO3. The van der Waals surface area contributed by atoms with Crippen molar-refractivity contribution in [1.29, 1.82) is 0 Å². The van der Waals surface area contributed by atoms with Crippen LogP contribution in [0.15, 0.2) is 0 Å². The third-order valence-corrected chi connectivity index (χ3v) is 3.95. The molecule has 1 saturated heterocycles. The summed E-state index contributed by atoms with van der Waals surface area (Å²) < 4.78 is 0. The summed E-state index contributed by atoms with van der Waals surface area (Å²) in [5, 5.41) is 8.60. The minimum absolute atomic E-state index is 0.212. The van der Waals surface area contributed by atoms with Gasteiger partial charge in [0.1, 0.15) is 6.42 Å². The van der Waals surface area contributed by atoms with Crippen molar-refractivity contribution >= 4 is 11.9 Å². The Morgan fingerprint density at radius 3 is 2.50 bits per heavy atom. The van der Waals surface area contributed by atoms with E-state index in [1.54, 1.807) is 4.90 Å². The van der Waals surface area contributed by atoms with Crippen LogP contribution in [0.5, 0.6) is 0 Å². The van der Waals surface area contributed by atoms with Crippen molar-refractivity contribution < 1.29 is 14.7 Å². The van der Waals surface area contributed by atoms with E-state index in [-0.39, 0.29) is 12.3 Å². The summed E-state index contributed by atoms with van der Waals surface area (Å²) in [7, 11) is 0. The fourth-order valence-electron chi connectivity index (χ4n) is 3.07. The predicted octanol–water partition coefficient (Wildman–Crippen LogP) is 1.50. The van der Waals surface area contributed by atoms with Crippen LogP contribution in [0.25, 0.3) is 0 Å². The van der Waals surface area contributed by atoms with E-state index in [9.17, 15) is 9.59 Å². The Morgan fingerprint density at radius 1 is 1.12 bits per heavy atom. The topological polar surface area (TPSA) is 57.6 Å². The molecule has 4 heteroatoms. The number of carboxylic acid groups (broad SMARTS) is 1. The van der Waals surface area contributed by atoms with Gasteiger partial charge >= 0.3 is 5.97 Å². The Kier molecular flexibility index (Phi) is 3.46. The van der Waals surface area contributed by atoms with Gasteiger partial charge in [-0.2, -0.15) is 0 Å². The number of likely N-dealkylation sites (tertiary alicyclic amines) is 1. The molecule has 1 aliphatic heterocycles. The van der Waals surface area contributed by atoms with E-state index in [0.717, 1.165) is 25.4 Å². The van der Waals surface area contributed by atoms with Crippen molar-refractivity contribution in [3.05, 3.63) is 0 Å². The van der Waals surface area contributed by atoms with Gasteiger partial charge in [0, 0.05) is 13.1 Å². The highest BCUT2D eigenvalue weighted by Crippen LogP contribution is 2.36. The van der Waals surface area contributed by atoms with Crippen LogP contribution < -0.4 is 0 Å². The summed E-state index contributed by atoms with van der Waals surface area (Å²) >= 11 is 0. The van der Waals surface area contributed by atoms with E-state index < -0.39 is 5.97 Å². The standard InChI is InChI=1S/C12H19NO3/c14-11(7-12(15)16)13-6-5-9-3-1-2-4-10(9)8-13/h9-10H,1-8H2,(H,15,16). The predicted molar refractivity (Wildman–Crippen MR) is 58.9 cm³/mol. The van der Waals surface area contributed by atoms with Crippen LogP contribution in [0, 0.1) is 11.8 Å². The minimum atomic E-state index is -1.02. The van der Waals surface area contributed by atoms with Crippen molar-refractivity contribution in [3.63, 3.8) is 0 Å². The first kappa shape index (κ1) is 11.4. The molecule has 0 aromatic rings. The number of piperidine rings is 1. The van der Waals surface area contributed by atoms with Crippen LogP contribution in [0.3, 0.4) is 0 Å². The van der Waals surface area contributed by atoms with Crippen molar-refractivity contribution in [3.8, 4) is 0 Å². The molecule has 2 rings (SSSR count). The second-order valence-electron chi connectivity index (χ2n) is 5.00. The first-order valence-electron chi connectivity index (χ1n) is 6.16. The SMILES string of the molecule is O=C(O)CC(=O)N1CCC2CCCCC2C1. The van der Waals surface area contributed by atoms with Gasteiger partial charge in [-0.05, 0) is 24.7 Å². The van der Waals surface area contributed by atoms with Gasteiger partial charge < -0.3 is 10.0 Å². The first-order chi connectivity index (χ1) is 7.66. The Labute approximate surface area is 95.6 Å². The second kappa shape index (κ2) is 4.85. The lowest BCUT2D eigenvalue weighted by Crippen LogP contribution is -2.45. The summed E-state index contributed by atoms with van der Waals surface area (Å²) in [6.45, 7) is 1.55. The van der Waals surface area contributed by atoms with Crippen LogP contribution in [0.2, 0.25) is 0 Å². The Hall–Kier alpha value is -1.06. The van der Waals surface area contributed by atoms with Crippen molar-refractivity contribution in [1.82, 2.24) is 4.90 Å². The average Bonchev–Trinajstić information content (AvgIpc) is 2.27. The molecule has 90 valence electrons. The van der Waals surface area contributed by atoms with Gasteiger partial charge in [0.2, 0.25) is 5.91 Å². The maximum Gasteiger partial charge on any atom is 0.312 e. The zero-order chi connectivity index (χ0) is 11.5. The van der Waals surface area contributed by atoms with Gasteiger partial charge in [-0.15, -0.1) is 0 Å². The number of hydrogen-bond acceptors (Lipinski definition) is 2. The van der Waals surface area contributed by atoms with Gasteiger partial charge in [0.15, 0.2) is 0 Å². The van der Waals surface area contributed by atoms with Crippen LogP contribution in [0.1, 0.15) is 38.5 Å². The Balaban J connectivity index is 1.89. The molecule has 0 spiro atoms. The highest BCUT2D eigenvalue weighted by Gasteiger charge is 2.33. The summed E-state index contributed by atoms with van der Waals surface area (Å²) in [6, 6.07) is 0. The lowest BCUT2D eigenvalue weighted by atomic mass is 9.75. The number of nitrogens with zero attached hydrogens (tertiary/aromatic N) is 1. The normalized spacial score (nSPS) is 29.6. The number of carboxylic acids is 1. The molecule has 2 unspecified atom stereocenters. The molecule has 1 amide bonds. The lowest BCUT2D eigenvalue weighted by Gasteiger charge is -2.41. The number of aliphatic carboxylic acids is 1. The van der Waals surface area contributed by atoms with Crippen molar-refractivity contribution in [2.75, 3.05) is 13.1 Å². The molecule has 1 heterocycles. The van der Waals surface area contributed by atoms with E-state index in [1.165, 1.54) is 25.7 Å². The van der Waals surface area contributed by atoms with Crippen LogP contribution in [0.4, 0.5) is 0 Å². The molecule has 2 aliphatic rings. The monoisotopic (exact) mass is 225 g/mol. The molecule has 0 radical (unpaired) electrons. The van der Waals surface area contributed by atoms with Gasteiger partial charge in [0.05, 0.1) is 0 Å². The Bertz CT molecular complexity index is 290. The molecule has 1 saturated carbocycles. The smallest absolute Gasteiger partial charge is 0.312 e. The van der Waals surface area contributed by atoms with Crippen molar-refractivity contribution in [2.24, 2.45) is 11.8 Å². The molecule has 16 heavy (non-hydrogen) atoms. The average molecular weight is 225 g/mol. The molecule has 1 N–H and O–H groups in total. The summed E-state index contributed by atoms with van der Waals surface area (Å²) in [5.41, 5.74) is 0. The number of carbonyl (C=O) groups is 2. The van der Waals surface area contributed by atoms with E-state index in [0.29, 0.717) is 5.92 Å². The highest BCUT2D eigenvalue weighted by molar-refractivity contribution is 5.93. The van der Waals surface area contributed by atoms with Gasteiger partial charge in [0.25, 0.3) is 0 Å². The second-order valence-corrected chi connectivity index (χ2v) is 5.00. The van der Waals surface area contributed by atoms with E-state index in [2.05, 4.69) is 0 Å². The summed E-state index contributed by atoms with van der Waals surface area (Å²) in [6.07, 6.45) is 5.81. The Morgan fingerprint density at radius 2 is 1.81 bits per heavy atom. The molecule has 2 fully saturated rings. The fourth-order valence-corrected chi connectivity index (χ4v) is 3.07. The molecule has 0 aromatic heterocycles. The lowest BCUT2D eigenvalue weighted by molar-refractivity contribution is -0.145. The molecule has 0 aromatic carbocycles. The first-order valence-corrected chi connectivity index (χ1v) is 6.16. The molecule has 0 bridgehead atoms. The molecule has 4 nitrogen and oxygen atoms in total. The minimum Gasteiger partial charge on any atom is -0.481 e. The third kappa shape index (κ3) is 2.54. The number of amides is 1. The maximum absolute atomic E-state index is 11.6. The van der Waals surface area contributed by atoms with Crippen LogP contribution in [-0.4, -0.2) is 35.0 Å². The van der Waals surface area contributed by atoms with E-state index in [4.69, 9.17) is 5.11 Å². The fraction of sp³-hybridized carbons (Fsp3) is 0.833. The molecule has 1 aliphatic carbocycles. The van der Waals surface area contributed by atoms with Gasteiger partial charge in [-0.25, -0.2) is 0 Å². The molecular weight excluding hydrogens is 206 g/mol. The third-order valence-electron chi connectivity index (χ3n) is 3.95. The van der Waals surface area contributed by atoms with E-state index >= 15 is 0 Å². The van der Waals surface area contributed by atoms with Crippen LogP contribution >= 0.6 is 0 Å². The van der Waals surface area contributed by atoms with Crippen LogP contribution in [-0.2, 0) is 9.59 Å². The van der Waals surface area contributed by atoms with Gasteiger partial charge in [-0.1, -0.05) is 19.3 Å².